The maximum atomic E-state index is 11.8. The van der Waals surface area contributed by atoms with E-state index in [1.54, 1.807) is 19.9 Å². The summed E-state index contributed by atoms with van der Waals surface area (Å²) < 4.78 is 0. The summed E-state index contributed by atoms with van der Waals surface area (Å²) in [6.07, 6.45) is 2.73. The lowest BCUT2D eigenvalue weighted by atomic mass is 9.91. The summed E-state index contributed by atoms with van der Waals surface area (Å²) in [5.41, 5.74) is 4.27. The SMILES string of the molecule is C=CCNC(=S)NNC(=O)[C@H](CC)CC(C)(C)O. The molecule has 1 atom stereocenters. The zero-order chi connectivity index (χ0) is 14.2. The van der Waals surface area contributed by atoms with Crippen molar-refractivity contribution in [1.82, 2.24) is 16.2 Å². The van der Waals surface area contributed by atoms with Crippen LogP contribution in [-0.4, -0.2) is 28.3 Å². The van der Waals surface area contributed by atoms with Crippen LogP contribution in [0.3, 0.4) is 0 Å². The number of aliphatic hydroxyl groups is 1. The van der Waals surface area contributed by atoms with Gasteiger partial charge in [-0.1, -0.05) is 13.0 Å². The minimum absolute atomic E-state index is 0.178. The summed E-state index contributed by atoms with van der Waals surface area (Å²) in [6.45, 7) is 9.36. The average molecular weight is 273 g/mol. The standard InChI is InChI=1S/C12H23N3O2S/c1-5-7-13-11(18)15-14-10(16)9(6-2)8-12(3,4)17/h5,9,17H,1,6-8H2,2-4H3,(H,14,16)(H2,13,15,18)/t9-/m1/s1. The first-order valence-corrected chi connectivity index (χ1v) is 6.38. The number of thiocarbonyl (C=S) groups is 1. The van der Waals surface area contributed by atoms with Crippen molar-refractivity contribution >= 4 is 23.2 Å². The van der Waals surface area contributed by atoms with E-state index in [0.717, 1.165) is 0 Å². The van der Waals surface area contributed by atoms with Crippen LogP contribution in [0.4, 0.5) is 0 Å². The molecule has 0 aromatic rings. The minimum atomic E-state index is -0.861. The number of carbonyl (C=O) groups excluding carboxylic acids is 1. The first-order chi connectivity index (χ1) is 8.30. The summed E-state index contributed by atoms with van der Waals surface area (Å²) in [6, 6.07) is 0. The molecule has 18 heavy (non-hydrogen) atoms. The first-order valence-electron chi connectivity index (χ1n) is 5.97. The van der Waals surface area contributed by atoms with Gasteiger partial charge in [0.25, 0.3) is 0 Å². The monoisotopic (exact) mass is 273 g/mol. The first kappa shape index (κ1) is 16.9. The third-order valence-electron chi connectivity index (χ3n) is 2.32. The van der Waals surface area contributed by atoms with Crippen molar-refractivity contribution in [3.63, 3.8) is 0 Å². The fourth-order valence-electron chi connectivity index (χ4n) is 1.45. The topological polar surface area (TPSA) is 73.4 Å². The average Bonchev–Trinajstić information content (AvgIpc) is 2.29. The minimum Gasteiger partial charge on any atom is -0.390 e. The van der Waals surface area contributed by atoms with Gasteiger partial charge in [0.15, 0.2) is 5.11 Å². The molecule has 104 valence electrons. The van der Waals surface area contributed by atoms with Crippen molar-refractivity contribution in [2.45, 2.75) is 39.2 Å². The van der Waals surface area contributed by atoms with Gasteiger partial charge in [0.2, 0.25) is 5.91 Å². The van der Waals surface area contributed by atoms with Crippen LogP contribution >= 0.6 is 12.2 Å². The molecule has 0 saturated carbocycles. The molecule has 0 saturated heterocycles. The Morgan fingerprint density at radius 3 is 2.56 bits per heavy atom. The molecule has 1 amide bonds. The molecule has 0 aromatic carbocycles. The van der Waals surface area contributed by atoms with Crippen molar-refractivity contribution in [2.75, 3.05) is 6.54 Å². The Kier molecular flexibility index (Phi) is 7.54. The molecule has 0 aliphatic heterocycles. The van der Waals surface area contributed by atoms with E-state index in [2.05, 4.69) is 22.7 Å². The maximum absolute atomic E-state index is 11.8. The highest BCUT2D eigenvalue weighted by atomic mass is 32.1. The molecular weight excluding hydrogens is 250 g/mol. The van der Waals surface area contributed by atoms with Gasteiger partial charge in [-0.05, 0) is 38.9 Å². The van der Waals surface area contributed by atoms with E-state index in [0.29, 0.717) is 24.5 Å². The van der Waals surface area contributed by atoms with Crippen LogP contribution in [0.25, 0.3) is 0 Å². The highest BCUT2D eigenvalue weighted by Gasteiger charge is 2.24. The number of nitrogens with one attached hydrogen (secondary N) is 3. The Hall–Kier alpha value is -1.14. The number of amides is 1. The van der Waals surface area contributed by atoms with Gasteiger partial charge in [0, 0.05) is 12.5 Å². The van der Waals surface area contributed by atoms with Crippen LogP contribution in [0.1, 0.15) is 33.6 Å². The second-order valence-corrected chi connectivity index (χ2v) is 5.14. The van der Waals surface area contributed by atoms with Crippen LogP contribution < -0.4 is 16.2 Å². The predicted octanol–water partition coefficient (Wildman–Crippen LogP) is 0.855. The van der Waals surface area contributed by atoms with Gasteiger partial charge in [-0.2, -0.15) is 0 Å². The smallest absolute Gasteiger partial charge is 0.241 e. The quantitative estimate of drug-likeness (QED) is 0.328. The van der Waals surface area contributed by atoms with E-state index in [1.807, 2.05) is 6.92 Å². The molecule has 5 nitrogen and oxygen atoms in total. The largest absolute Gasteiger partial charge is 0.390 e. The fraction of sp³-hybridized carbons (Fsp3) is 0.667. The summed E-state index contributed by atoms with van der Waals surface area (Å²) in [4.78, 5) is 11.8. The summed E-state index contributed by atoms with van der Waals surface area (Å²) >= 11 is 4.94. The van der Waals surface area contributed by atoms with E-state index in [-0.39, 0.29) is 11.8 Å². The van der Waals surface area contributed by atoms with Crippen LogP contribution in [0, 0.1) is 5.92 Å². The second kappa shape index (κ2) is 8.05. The maximum Gasteiger partial charge on any atom is 0.241 e. The summed E-state index contributed by atoms with van der Waals surface area (Å²) in [5, 5.41) is 12.9. The van der Waals surface area contributed by atoms with Gasteiger partial charge < -0.3 is 10.4 Å². The molecule has 0 radical (unpaired) electrons. The zero-order valence-corrected chi connectivity index (χ0v) is 12.1. The fourth-order valence-corrected chi connectivity index (χ4v) is 1.59. The normalized spacial score (nSPS) is 12.4. The van der Waals surface area contributed by atoms with Crippen molar-refractivity contribution in [3.8, 4) is 0 Å². The molecular formula is C12H23N3O2S. The molecule has 0 aromatic heterocycles. The third-order valence-corrected chi connectivity index (χ3v) is 2.56. The Labute approximate surface area is 114 Å². The van der Waals surface area contributed by atoms with Crippen molar-refractivity contribution < 1.29 is 9.90 Å². The lowest BCUT2D eigenvalue weighted by Crippen LogP contribution is -2.49. The van der Waals surface area contributed by atoms with Crippen molar-refractivity contribution in [2.24, 2.45) is 5.92 Å². The Morgan fingerprint density at radius 2 is 2.11 bits per heavy atom. The van der Waals surface area contributed by atoms with Crippen LogP contribution in [0.15, 0.2) is 12.7 Å². The number of carbonyl (C=O) groups is 1. The highest BCUT2D eigenvalue weighted by Crippen LogP contribution is 2.18. The van der Waals surface area contributed by atoms with Gasteiger partial charge in [-0.3, -0.25) is 15.6 Å². The molecule has 0 fully saturated rings. The number of hydrogen-bond acceptors (Lipinski definition) is 3. The molecule has 0 bridgehead atoms. The van der Waals surface area contributed by atoms with Crippen molar-refractivity contribution in [3.05, 3.63) is 12.7 Å². The highest BCUT2D eigenvalue weighted by molar-refractivity contribution is 7.80. The predicted molar refractivity (Wildman–Crippen MR) is 76.8 cm³/mol. The summed E-state index contributed by atoms with van der Waals surface area (Å²) in [5.74, 6) is -0.429. The van der Waals surface area contributed by atoms with E-state index >= 15 is 0 Å². The Bertz CT molecular complexity index is 300. The lowest BCUT2D eigenvalue weighted by Gasteiger charge is -2.23. The third kappa shape index (κ3) is 8.03. The van der Waals surface area contributed by atoms with Gasteiger partial charge in [0.05, 0.1) is 5.60 Å². The number of hydrazine groups is 1. The number of rotatable bonds is 6. The van der Waals surface area contributed by atoms with E-state index in [4.69, 9.17) is 12.2 Å². The van der Waals surface area contributed by atoms with E-state index in [9.17, 15) is 9.90 Å². The molecule has 0 unspecified atom stereocenters. The Balaban J connectivity index is 4.12. The molecule has 6 heteroatoms. The molecule has 0 heterocycles. The lowest BCUT2D eigenvalue weighted by molar-refractivity contribution is -0.127. The second-order valence-electron chi connectivity index (χ2n) is 4.73. The summed E-state index contributed by atoms with van der Waals surface area (Å²) in [7, 11) is 0. The van der Waals surface area contributed by atoms with Gasteiger partial charge in [-0.15, -0.1) is 6.58 Å². The molecule has 4 N–H and O–H groups in total. The van der Waals surface area contributed by atoms with Gasteiger partial charge in [0.1, 0.15) is 0 Å². The molecule has 0 rings (SSSR count). The Morgan fingerprint density at radius 1 is 1.50 bits per heavy atom. The van der Waals surface area contributed by atoms with Gasteiger partial charge >= 0.3 is 0 Å². The molecule has 0 aliphatic carbocycles. The van der Waals surface area contributed by atoms with Crippen LogP contribution in [0.5, 0.6) is 0 Å². The van der Waals surface area contributed by atoms with Crippen molar-refractivity contribution in [1.29, 1.82) is 0 Å². The zero-order valence-electron chi connectivity index (χ0n) is 11.2. The van der Waals surface area contributed by atoms with E-state index < -0.39 is 5.60 Å². The molecule has 0 aliphatic rings. The van der Waals surface area contributed by atoms with Crippen LogP contribution in [0.2, 0.25) is 0 Å². The van der Waals surface area contributed by atoms with Gasteiger partial charge in [-0.25, -0.2) is 0 Å². The molecule has 0 spiro atoms. The van der Waals surface area contributed by atoms with E-state index in [1.165, 1.54) is 0 Å². The van der Waals surface area contributed by atoms with Crippen LogP contribution in [-0.2, 0) is 4.79 Å². The number of hydrogen-bond donors (Lipinski definition) is 4.